The second kappa shape index (κ2) is 8.42. The zero-order valence-corrected chi connectivity index (χ0v) is 18.1. The van der Waals surface area contributed by atoms with E-state index in [-0.39, 0.29) is 17.7 Å². The molecular weight excluding hydrogens is 439 g/mol. The third kappa shape index (κ3) is 4.35. The zero-order valence-electron chi connectivity index (χ0n) is 16.6. The minimum absolute atomic E-state index is 0.256. The second-order valence-electron chi connectivity index (χ2n) is 7.58. The van der Waals surface area contributed by atoms with Gasteiger partial charge in [0.2, 0.25) is 5.90 Å². The van der Waals surface area contributed by atoms with E-state index in [2.05, 4.69) is 10.5 Å². The van der Waals surface area contributed by atoms with Gasteiger partial charge >= 0.3 is 5.91 Å². The third-order valence-corrected chi connectivity index (χ3v) is 5.98. The number of fused-ring (bicyclic) bond motifs is 1. The van der Waals surface area contributed by atoms with Gasteiger partial charge in [-0.1, -0.05) is 23.2 Å². The van der Waals surface area contributed by atoms with Crippen LogP contribution in [-0.4, -0.2) is 47.7 Å². The molecule has 0 saturated carbocycles. The summed E-state index contributed by atoms with van der Waals surface area (Å²) in [6, 6.07) is 14.7. The summed E-state index contributed by atoms with van der Waals surface area (Å²) in [4.78, 5) is 12.6. The molecule has 3 aromatic rings. The highest BCUT2D eigenvalue weighted by atomic mass is 35.5. The number of hydrazone groups is 1. The summed E-state index contributed by atoms with van der Waals surface area (Å²) < 4.78 is 11.4. The van der Waals surface area contributed by atoms with Crippen molar-refractivity contribution in [3.63, 3.8) is 0 Å². The number of rotatable bonds is 4. The smallest absolute Gasteiger partial charge is 0.301 e. The molecule has 9 heteroatoms. The summed E-state index contributed by atoms with van der Waals surface area (Å²) in [6.07, 6.45) is 1.72. The molecule has 1 aromatic heterocycles. The van der Waals surface area contributed by atoms with Gasteiger partial charge in [-0.15, -0.1) is 5.10 Å². The van der Waals surface area contributed by atoms with Crippen LogP contribution in [-0.2, 0) is 4.74 Å². The summed E-state index contributed by atoms with van der Waals surface area (Å²) in [6.45, 7) is 1.85. The van der Waals surface area contributed by atoms with Gasteiger partial charge in [0, 0.05) is 34.1 Å². The average molecular weight is 459 g/mol. The molecule has 0 spiro atoms. The molecule has 2 aliphatic heterocycles. The molecular formula is C22H20Cl2N4O3. The topological polar surface area (TPSA) is 70.3 Å². The molecule has 1 saturated heterocycles. The van der Waals surface area contributed by atoms with E-state index < -0.39 is 0 Å². The summed E-state index contributed by atoms with van der Waals surface area (Å²) in [7, 11) is 0. The molecule has 5 rings (SSSR count). The van der Waals surface area contributed by atoms with Crippen LogP contribution in [0.3, 0.4) is 0 Å². The number of amides is 1. The first-order valence-corrected chi connectivity index (χ1v) is 10.8. The van der Waals surface area contributed by atoms with E-state index in [0.717, 1.165) is 23.8 Å². The molecule has 2 aromatic carbocycles. The molecule has 31 heavy (non-hydrogen) atoms. The van der Waals surface area contributed by atoms with Crippen LogP contribution in [0.4, 0.5) is 0 Å². The van der Waals surface area contributed by atoms with Crippen LogP contribution in [0.15, 0.2) is 58.0 Å². The second-order valence-corrected chi connectivity index (χ2v) is 8.45. The van der Waals surface area contributed by atoms with Crippen molar-refractivity contribution in [2.24, 2.45) is 5.10 Å². The Morgan fingerprint density at radius 1 is 1.03 bits per heavy atom. The minimum Gasteiger partial charge on any atom is -0.453 e. The van der Waals surface area contributed by atoms with Crippen molar-refractivity contribution < 1.29 is 13.9 Å². The van der Waals surface area contributed by atoms with Crippen molar-refractivity contribution in [1.29, 1.82) is 0 Å². The van der Waals surface area contributed by atoms with Gasteiger partial charge in [-0.05, 0) is 61.4 Å². The first-order chi connectivity index (χ1) is 15.0. The molecule has 3 heterocycles. The fourth-order valence-corrected chi connectivity index (χ4v) is 4.13. The molecule has 0 bridgehead atoms. The van der Waals surface area contributed by atoms with Crippen molar-refractivity contribution in [1.82, 2.24) is 15.4 Å². The van der Waals surface area contributed by atoms with Gasteiger partial charge < -0.3 is 9.15 Å². The lowest BCUT2D eigenvalue weighted by Gasteiger charge is -2.34. The molecule has 1 N–H and O–H groups in total. The summed E-state index contributed by atoms with van der Waals surface area (Å²) in [5.41, 5.74) is 4.47. The van der Waals surface area contributed by atoms with Crippen molar-refractivity contribution in [3.8, 4) is 0 Å². The van der Waals surface area contributed by atoms with Gasteiger partial charge in [-0.25, -0.2) is 5.01 Å². The van der Waals surface area contributed by atoms with Gasteiger partial charge in [0.1, 0.15) is 5.58 Å². The fraction of sp³-hybridized carbons (Fsp3) is 0.273. The van der Waals surface area contributed by atoms with E-state index >= 15 is 0 Å². The highest BCUT2D eigenvalue weighted by Crippen LogP contribution is 2.24. The van der Waals surface area contributed by atoms with E-state index in [1.165, 1.54) is 0 Å². The lowest BCUT2D eigenvalue weighted by molar-refractivity contribution is 0.0457. The zero-order chi connectivity index (χ0) is 21.4. The number of hydrazine groups is 1. The molecule has 0 aliphatic carbocycles. The number of piperidine rings is 1. The number of nitrogens with one attached hydrogen (secondary N) is 1. The quantitative estimate of drug-likeness (QED) is 0.622. The highest BCUT2D eigenvalue weighted by molar-refractivity contribution is 6.31. The number of halogens is 2. The van der Waals surface area contributed by atoms with Crippen LogP contribution in [0.25, 0.3) is 11.0 Å². The summed E-state index contributed by atoms with van der Waals surface area (Å²) in [5, 5.41) is 10.6. The Labute approximate surface area is 189 Å². The van der Waals surface area contributed by atoms with Crippen LogP contribution in [0.5, 0.6) is 0 Å². The first-order valence-electron chi connectivity index (χ1n) is 10.0. The Bertz CT molecular complexity index is 1140. The highest BCUT2D eigenvalue weighted by Gasteiger charge is 2.29. The van der Waals surface area contributed by atoms with E-state index in [1.807, 2.05) is 34.3 Å². The summed E-state index contributed by atoms with van der Waals surface area (Å²) in [5.74, 6) is 0.611. The number of carbonyl (C=O) groups is 1. The van der Waals surface area contributed by atoms with E-state index in [0.29, 0.717) is 41.3 Å². The van der Waals surface area contributed by atoms with Gasteiger partial charge in [0.25, 0.3) is 0 Å². The first kappa shape index (κ1) is 20.2. The average Bonchev–Trinajstić information content (AvgIpc) is 3.42. The number of ether oxygens (including phenoxy) is 1. The predicted molar refractivity (Wildman–Crippen MR) is 119 cm³/mol. The molecule has 2 aliphatic rings. The number of furan rings is 1. The van der Waals surface area contributed by atoms with Gasteiger partial charge in [-0.2, -0.15) is 0 Å². The molecule has 0 radical (unpaired) electrons. The van der Waals surface area contributed by atoms with Crippen LogP contribution in [0.1, 0.15) is 29.0 Å². The largest absolute Gasteiger partial charge is 0.453 e. The normalized spacial score (nSPS) is 17.6. The number of carbonyl (C=O) groups excluding carboxylic acids is 1. The number of benzene rings is 2. The van der Waals surface area contributed by atoms with Crippen LogP contribution < -0.4 is 5.43 Å². The van der Waals surface area contributed by atoms with Crippen molar-refractivity contribution in [3.05, 3.63) is 69.9 Å². The van der Waals surface area contributed by atoms with E-state index in [1.54, 1.807) is 24.3 Å². The Balaban J connectivity index is 1.17. The number of nitrogens with zero attached hydrogens (tertiary/aromatic N) is 3. The van der Waals surface area contributed by atoms with Crippen molar-refractivity contribution in [2.45, 2.75) is 18.9 Å². The monoisotopic (exact) mass is 458 g/mol. The van der Waals surface area contributed by atoms with Gasteiger partial charge in [0.15, 0.2) is 12.5 Å². The summed E-state index contributed by atoms with van der Waals surface area (Å²) >= 11 is 12.0. The van der Waals surface area contributed by atoms with Crippen LogP contribution in [0.2, 0.25) is 10.0 Å². The van der Waals surface area contributed by atoms with E-state index in [9.17, 15) is 4.79 Å². The Kier molecular flexibility index (Phi) is 5.48. The molecule has 1 fully saturated rings. The Morgan fingerprint density at radius 2 is 1.77 bits per heavy atom. The SMILES string of the molecule is O=C(NN1CCC(N2COC(c3ccc(Cl)cc3)=N2)CC1)c1cc2cc(Cl)ccc2o1. The molecule has 0 unspecified atom stereocenters. The maximum atomic E-state index is 12.6. The lowest BCUT2D eigenvalue weighted by Crippen LogP contribution is -2.50. The Morgan fingerprint density at radius 3 is 2.55 bits per heavy atom. The van der Waals surface area contributed by atoms with Gasteiger partial charge in [0.05, 0.1) is 6.04 Å². The lowest BCUT2D eigenvalue weighted by atomic mass is 10.1. The standard InChI is InChI=1S/C22H20Cl2N4O3/c23-16-3-1-14(2-4-16)22-26-28(13-30-22)18-7-9-27(10-8-18)25-21(29)20-12-15-11-17(24)5-6-19(15)31-20/h1-6,11-12,18H,7-10,13H2,(H,25,29). The van der Waals surface area contributed by atoms with Crippen LogP contribution >= 0.6 is 23.2 Å². The molecule has 0 atom stereocenters. The minimum atomic E-state index is -0.265. The fourth-order valence-electron chi connectivity index (χ4n) is 3.82. The Hall–Kier alpha value is -2.74. The molecule has 1 amide bonds. The predicted octanol–water partition coefficient (Wildman–Crippen LogP) is 4.50. The van der Waals surface area contributed by atoms with Gasteiger partial charge in [-0.3, -0.25) is 15.2 Å². The number of hydrogen-bond donors (Lipinski definition) is 1. The van der Waals surface area contributed by atoms with Crippen molar-refractivity contribution in [2.75, 3.05) is 19.8 Å². The van der Waals surface area contributed by atoms with Crippen LogP contribution in [0, 0.1) is 0 Å². The maximum absolute atomic E-state index is 12.6. The third-order valence-electron chi connectivity index (χ3n) is 5.49. The molecule has 160 valence electrons. The van der Waals surface area contributed by atoms with E-state index in [4.69, 9.17) is 32.4 Å². The maximum Gasteiger partial charge on any atom is 0.301 e. The molecule has 7 nitrogen and oxygen atoms in total. The van der Waals surface area contributed by atoms with Crippen molar-refractivity contribution >= 4 is 46.0 Å². The number of hydrogen-bond acceptors (Lipinski definition) is 6.